The van der Waals surface area contributed by atoms with Gasteiger partial charge in [-0.2, -0.15) is 0 Å². The van der Waals surface area contributed by atoms with E-state index in [4.69, 9.17) is 14.2 Å². The molecule has 0 aliphatic carbocycles. The Hall–Kier alpha value is -2.01. The van der Waals surface area contributed by atoms with E-state index in [1.54, 1.807) is 13.2 Å². The monoisotopic (exact) mass is 361 g/mol. The normalized spacial score (nSPS) is 17.0. The first-order chi connectivity index (χ1) is 12.5. The zero-order valence-corrected chi connectivity index (χ0v) is 16.4. The molecule has 2 rings (SSSR count). The van der Waals surface area contributed by atoms with Crippen LogP contribution >= 0.6 is 0 Å². The number of ether oxygens (including phenoxy) is 3. The molecule has 1 aliphatic rings. The minimum atomic E-state index is 0.00195. The van der Waals surface area contributed by atoms with Crippen molar-refractivity contribution in [1.82, 2.24) is 4.90 Å². The molecule has 1 atom stereocenters. The molecule has 0 aromatic heterocycles. The Balaban J connectivity index is 1.99. The molecule has 5 nitrogen and oxygen atoms in total. The summed E-state index contributed by atoms with van der Waals surface area (Å²) in [6, 6.07) is 5.70. The molecule has 1 aromatic rings. The number of hydrogen-bond acceptors (Lipinski definition) is 4. The van der Waals surface area contributed by atoms with Crippen LogP contribution in [0.1, 0.15) is 39.2 Å². The first-order valence-corrected chi connectivity index (χ1v) is 9.43. The summed E-state index contributed by atoms with van der Waals surface area (Å²) in [7, 11) is 1.62. The topological polar surface area (TPSA) is 48.0 Å². The van der Waals surface area contributed by atoms with Crippen LogP contribution in [0.2, 0.25) is 0 Å². The summed E-state index contributed by atoms with van der Waals surface area (Å²) in [5, 5.41) is 0. The van der Waals surface area contributed by atoms with Gasteiger partial charge in [0, 0.05) is 25.8 Å². The maximum Gasteiger partial charge on any atom is 0.246 e. The molecule has 1 fully saturated rings. The van der Waals surface area contributed by atoms with Crippen LogP contribution in [0.25, 0.3) is 6.08 Å². The van der Waals surface area contributed by atoms with Crippen LogP contribution in [0.3, 0.4) is 0 Å². The molecule has 1 aliphatic heterocycles. The fourth-order valence-corrected chi connectivity index (χ4v) is 2.85. The Morgan fingerprint density at radius 2 is 2.19 bits per heavy atom. The molecule has 0 saturated carbocycles. The highest BCUT2D eigenvalue weighted by Gasteiger charge is 2.20. The molecule has 144 valence electrons. The van der Waals surface area contributed by atoms with Gasteiger partial charge >= 0.3 is 0 Å². The fraction of sp³-hybridized carbons (Fsp3) is 0.571. The number of rotatable bonds is 9. The zero-order chi connectivity index (χ0) is 18.9. The zero-order valence-electron chi connectivity index (χ0n) is 16.4. The SMILES string of the molecule is CCN(CC1CCCO1)C(=O)/C=C/c1ccc(OCC(C)C)c(OC)c1. The van der Waals surface area contributed by atoms with Gasteiger partial charge in [0.1, 0.15) is 0 Å². The molecule has 1 amide bonds. The van der Waals surface area contributed by atoms with Crippen molar-refractivity contribution in [2.24, 2.45) is 5.92 Å². The molecule has 0 spiro atoms. The second-order valence-corrected chi connectivity index (χ2v) is 6.96. The molecule has 26 heavy (non-hydrogen) atoms. The van der Waals surface area contributed by atoms with Crippen LogP contribution in [-0.4, -0.2) is 50.3 Å². The quantitative estimate of drug-likeness (QED) is 0.628. The van der Waals surface area contributed by atoms with E-state index in [9.17, 15) is 4.79 Å². The van der Waals surface area contributed by atoms with Gasteiger partial charge in [0.05, 0.1) is 19.8 Å². The van der Waals surface area contributed by atoms with Crippen LogP contribution in [0.15, 0.2) is 24.3 Å². The minimum absolute atomic E-state index is 0.00195. The molecule has 1 saturated heterocycles. The molecule has 1 aromatic carbocycles. The Morgan fingerprint density at radius 1 is 1.38 bits per heavy atom. The fourth-order valence-electron chi connectivity index (χ4n) is 2.85. The van der Waals surface area contributed by atoms with Gasteiger partial charge in [-0.15, -0.1) is 0 Å². The van der Waals surface area contributed by atoms with Gasteiger partial charge in [-0.1, -0.05) is 19.9 Å². The lowest BCUT2D eigenvalue weighted by atomic mass is 10.1. The van der Waals surface area contributed by atoms with Crippen molar-refractivity contribution in [3.63, 3.8) is 0 Å². The number of benzene rings is 1. The number of amides is 1. The van der Waals surface area contributed by atoms with Crippen LogP contribution < -0.4 is 9.47 Å². The van der Waals surface area contributed by atoms with E-state index in [-0.39, 0.29) is 12.0 Å². The Morgan fingerprint density at radius 3 is 2.81 bits per heavy atom. The minimum Gasteiger partial charge on any atom is -0.493 e. The number of nitrogens with zero attached hydrogens (tertiary/aromatic N) is 1. The summed E-state index contributed by atoms with van der Waals surface area (Å²) in [5.74, 6) is 1.84. The van der Waals surface area contributed by atoms with Crippen LogP contribution in [0.5, 0.6) is 11.5 Å². The summed E-state index contributed by atoms with van der Waals surface area (Å²) in [5.41, 5.74) is 0.903. The second-order valence-electron chi connectivity index (χ2n) is 6.96. The van der Waals surface area contributed by atoms with Crippen LogP contribution in [0, 0.1) is 5.92 Å². The van der Waals surface area contributed by atoms with Gasteiger partial charge in [-0.3, -0.25) is 4.79 Å². The third-order valence-electron chi connectivity index (χ3n) is 4.32. The number of carbonyl (C=O) groups excluding carboxylic acids is 1. The summed E-state index contributed by atoms with van der Waals surface area (Å²) in [6.45, 7) is 8.97. The van der Waals surface area contributed by atoms with E-state index < -0.39 is 0 Å². The van der Waals surface area contributed by atoms with E-state index in [1.807, 2.05) is 36.1 Å². The van der Waals surface area contributed by atoms with Crippen molar-refractivity contribution in [3.8, 4) is 11.5 Å². The van der Waals surface area contributed by atoms with Crippen molar-refractivity contribution in [2.75, 3.05) is 33.4 Å². The number of likely N-dealkylation sites (N-methyl/N-ethyl adjacent to an activating group) is 1. The first kappa shape index (κ1) is 20.3. The van der Waals surface area contributed by atoms with Crippen molar-refractivity contribution < 1.29 is 19.0 Å². The maximum atomic E-state index is 12.5. The summed E-state index contributed by atoms with van der Waals surface area (Å²) in [6.07, 6.45) is 5.71. The second kappa shape index (κ2) is 10.2. The molecular formula is C21H31NO4. The standard InChI is InChI=1S/C21H31NO4/c1-5-22(14-18-7-6-12-25-18)21(23)11-9-17-8-10-19(20(13-17)24-4)26-15-16(2)3/h8-11,13,16,18H,5-7,12,14-15H2,1-4H3/b11-9+. The summed E-state index contributed by atoms with van der Waals surface area (Å²) < 4.78 is 16.8. The highest BCUT2D eigenvalue weighted by Crippen LogP contribution is 2.29. The number of carbonyl (C=O) groups is 1. The molecule has 5 heteroatoms. The third kappa shape index (κ3) is 6.06. The smallest absolute Gasteiger partial charge is 0.246 e. The number of methoxy groups -OCH3 is 1. The van der Waals surface area contributed by atoms with E-state index >= 15 is 0 Å². The van der Waals surface area contributed by atoms with Crippen LogP contribution in [0.4, 0.5) is 0 Å². The Bertz CT molecular complexity index is 606. The number of hydrogen-bond donors (Lipinski definition) is 0. The van der Waals surface area contributed by atoms with E-state index in [1.165, 1.54) is 0 Å². The average molecular weight is 361 g/mol. The van der Waals surface area contributed by atoms with Crippen LogP contribution in [-0.2, 0) is 9.53 Å². The molecule has 0 N–H and O–H groups in total. The predicted octanol–water partition coefficient (Wildman–Crippen LogP) is 3.77. The van der Waals surface area contributed by atoms with Gasteiger partial charge < -0.3 is 19.1 Å². The molecule has 0 radical (unpaired) electrons. The van der Waals surface area contributed by atoms with Crippen molar-refractivity contribution in [2.45, 2.75) is 39.7 Å². The summed E-state index contributed by atoms with van der Waals surface area (Å²) in [4.78, 5) is 14.3. The third-order valence-corrected chi connectivity index (χ3v) is 4.32. The highest BCUT2D eigenvalue weighted by molar-refractivity contribution is 5.91. The van der Waals surface area contributed by atoms with Gasteiger partial charge in [0.15, 0.2) is 11.5 Å². The first-order valence-electron chi connectivity index (χ1n) is 9.43. The summed E-state index contributed by atoms with van der Waals surface area (Å²) >= 11 is 0. The lowest BCUT2D eigenvalue weighted by Gasteiger charge is -2.22. The van der Waals surface area contributed by atoms with Gasteiger partial charge in [0.2, 0.25) is 5.91 Å². The molecule has 1 heterocycles. The van der Waals surface area contributed by atoms with Gasteiger partial charge in [-0.25, -0.2) is 0 Å². The van der Waals surface area contributed by atoms with Gasteiger partial charge in [-0.05, 0) is 49.5 Å². The van der Waals surface area contributed by atoms with E-state index in [0.717, 1.165) is 30.8 Å². The molecular weight excluding hydrogens is 330 g/mol. The predicted molar refractivity (Wildman–Crippen MR) is 104 cm³/mol. The van der Waals surface area contributed by atoms with E-state index in [0.29, 0.717) is 31.4 Å². The Labute approximate surface area is 156 Å². The molecule has 1 unspecified atom stereocenters. The van der Waals surface area contributed by atoms with Crippen molar-refractivity contribution in [1.29, 1.82) is 0 Å². The average Bonchev–Trinajstić information content (AvgIpc) is 3.15. The van der Waals surface area contributed by atoms with Gasteiger partial charge in [0.25, 0.3) is 0 Å². The maximum absolute atomic E-state index is 12.5. The lowest BCUT2D eigenvalue weighted by molar-refractivity contribution is -0.127. The van der Waals surface area contributed by atoms with E-state index in [2.05, 4.69) is 13.8 Å². The highest BCUT2D eigenvalue weighted by atomic mass is 16.5. The lowest BCUT2D eigenvalue weighted by Crippen LogP contribution is -2.36. The Kier molecular flexibility index (Phi) is 7.98. The van der Waals surface area contributed by atoms with Crippen molar-refractivity contribution in [3.05, 3.63) is 29.8 Å². The largest absolute Gasteiger partial charge is 0.493 e. The van der Waals surface area contributed by atoms with Crippen molar-refractivity contribution >= 4 is 12.0 Å². The molecule has 0 bridgehead atoms.